The van der Waals surface area contributed by atoms with Gasteiger partial charge in [-0.25, -0.2) is 10.4 Å². The number of rotatable bonds is 7. The molecule has 2 aromatic rings. The highest BCUT2D eigenvalue weighted by Gasteiger charge is 2.48. The lowest BCUT2D eigenvalue weighted by Gasteiger charge is -2.52. The van der Waals surface area contributed by atoms with Crippen molar-refractivity contribution < 1.29 is 9.59 Å². The molecule has 0 saturated carbocycles. The van der Waals surface area contributed by atoms with E-state index in [2.05, 4.69) is 49.5 Å². The number of hydrazine groups is 1. The first kappa shape index (κ1) is 23.0. The first-order valence-corrected chi connectivity index (χ1v) is 11.7. The lowest BCUT2D eigenvalue weighted by Crippen LogP contribution is -2.75. The van der Waals surface area contributed by atoms with Gasteiger partial charge in [0.25, 0.3) is 0 Å². The third-order valence-corrected chi connectivity index (χ3v) is 6.81. The van der Waals surface area contributed by atoms with Crippen LogP contribution in [0.2, 0.25) is 0 Å². The van der Waals surface area contributed by atoms with Crippen LogP contribution in [0.25, 0.3) is 0 Å². The molecule has 172 valence electrons. The molecule has 2 aliphatic rings. The predicted octanol–water partition coefficient (Wildman–Crippen LogP) is 2.68. The summed E-state index contributed by atoms with van der Waals surface area (Å²) in [6, 6.07) is 20.1. The zero-order valence-corrected chi connectivity index (χ0v) is 19.4. The summed E-state index contributed by atoms with van der Waals surface area (Å²) in [7, 11) is 0. The van der Waals surface area contributed by atoms with E-state index >= 15 is 0 Å². The molecule has 2 aromatic carbocycles. The monoisotopic (exact) mass is 444 g/mol. The Labute approximate surface area is 196 Å². The molecule has 0 spiro atoms. The summed E-state index contributed by atoms with van der Waals surface area (Å²) < 4.78 is 0. The zero-order chi connectivity index (χ0) is 23.4. The molecule has 0 bridgehead atoms. The van der Waals surface area contributed by atoms with Gasteiger partial charge in [0, 0.05) is 12.5 Å². The minimum atomic E-state index is -0.478. The molecule has 2 saturated heterocycles. The number of hydrogen-bond acceptors (Lipinski definition) is 4. The summed E-state index contributed by atoms with van der Waals surface area (Å²) in [6.07, 6.45) is 6.02. The fraction of sp³-hybridized carbons (Fsp3) is 0.407. The van der Waals surface area contributed by atoms with Gasteiger partial charge in [-0.15, -0.1) is 6.42 Å². The van der Waals surface area contributed by atoms with Crippen molar-refractivity contribution in [2.45, 2.75) is 38.4 Å². The molecule has 0 radical (unpaired) electrons. The molecule has 2 fully saturated rings. The van der Waals surface area contributed by atoms with E-state index in [9.17, 15) is 9.59 Å². The largest absolute Gasteiger partial charge is 0.336 e. The third kappa shape index (κ3) is 4.80. The van der Waals surface area contributed by atoms with Crippen molar-refractivity contribution in [2.75, 3.05) is 26.2 Å². The van der Waals surface area contributed by atoms with Gasteiger partial charge in [0.2, 0.25) is 11.8 Å². The van der Waals surface area contributed by atoms with Crippen LogP contribution < -0.4 is 5.43 Å². The Morgan fingerprint density at radius 3 is 2.21 bits per heavy atom. The van der Waals surface area contributed by atoms with Gasteiger partial charge in [0.1, 0.15) is 12.2 Å². The van der Waals surface area contributed by atoms with Crippen LogP contribution in [0.15, 0.2) is 60.7 Å². The third-order valence-electron chi connectivity index (χ3n) is 6.81. The number of hydrogen-bond donors (Lipinski definition) is 1. The van der Waals surface area contributed by atoms with Gasteiger partial charge >= 0.3 is 0 Å². The van der Waals surface area contributed by atoms with Crippen LogP contribution in [0, 0.1) is 18.3 Å². The fourth-order valence-electron chi connectivity index (χ4n) is 4.93. The summed E-state index contributed by atoms with van der Waals surface area (Å²) in [5.74, 6) is 2.68. The average Bonchev–Trinajstić information content (AvgIpc) is 2.84. The Morgan fingerprint density at radius 2 is 1.67 bits per heavy atom. The Kier molecular flexibility index (Phi) is 7.12. The number of nitrogens with one attached hydrogen (secondary N) is 1. The highest BCUT2D eigenvalue weighted by atomic mass is 16.2. The van der Waals surface area contributed by atoms with Gasteiger partial charge in [0.15, 0.2) is 0 Å². The lowest BCUT2D eigenvalue weighted by atomic mass is 9.88. The van der Waals surface area contributed by atoms with Gasteiger partial charge < -0.3 is 9.80 Å². The molecule has 1 N–H and O–H groups in total. The normalized spacial score (nSPS) is 22.2. The topological polar surface area (TPSA) is 55.9 Å². The first-order valence-electron chi connectivity index (χ1n) is 11.7. The maximum absolute atomic E-state index is 13.8. The smallest absolute Gasteiger partial charge is 0.245 e. The van der Waals surface area contributed by atoms with Gasteiger partial charge in [-0.3, -0.25) is 9.59 Å². The minimum Gasteiger partial charge on any atom is -0.336 e. The number of carbonyl (C=O) groups is 2. The molecule has 0 aliphatic carbocycles. The van der Waals surface area contributed by atoms with E-state index in [4.69, 9.17) is 6.42 Å². The maximum Gasteiger partial charge on any atom is 0.245 e. The van der Waals surface area contributed by atoms with E-state index in [1.165, 1.54) is 11.1 Å². The maximum atomic E-state index is 13.8. The molecular formula is C27H32N4O2. The molecule has 0 aromatic heterocycles. The molecule has 4 rings (SSSR count). The van der Waals surface area contributed by atoms with Crippen LogP contribution in [0.3, 0.4) is 0 Å². The van der Waals surface area contributed by atoms with Crippen LogP contribution in [0.1, 0.15) is 37.3 Å². The number of nitrogens with zero attached hydrogens (tertiary/aromatic N) is 3. The van der Waals surface area contributed by atoms with Crippen molar-refractivity contribution in [1.29, 1.82) is 0 Å². The number of piperazine rings is 1. The van der Waals surface area contributed by atoms with Crippen LogP contribution in [0.5, 0.6) is 0 Å². The first-order chi connectivity index (χ1) is 16.0. The SMILES string of the molecule is C#CCN1CC(=O)N2[C@H](CN(CC(c3ccccc3)c3ccccc3)C(=O)[C@@H]2C(C)CC)N1. The number of benzene rings is 2. The van der Waals surface area contributed by atoms with Crippen molar-refractivity contribution in [3.05, 3.63) is 71.8 Å². The molecule has 2 amide bonds. The Bertz CT molecular complexity index is 964. The molecule has 3 atom stereocenters. The van der Waals surface area contributed by atoms with Crippen LogP contribution in [-0.2, 0) is 9.59 Å². The van der Waals surface area contributed by atoms with E-state index in [1.807, 2.05) is 41.3 Å². The highest BCUT2D eigenvalue weighted by molar-refractivity contribution is 5.90. The molecule has 1 unspecified atom stereocenters. The molecule has 33 heavy (non-hydrogen) atoms. The molecule has 2 aliphatic heterocycles. The summed E-state index contributed by atoms with van der Waals surface area (Å²) in [5.41, 5.74) is 5.74. The zero-order valence-electron chi connectivity index (χ0n) is 19.4. The van der Waals surface area contributed by atoms with Crippen molar-refractivity contribution in [2.24, 2.45) is 5.92 Å². The Balaban J connectivity index is 1.66. The van der Waals surface area contributed by atoms with E-state index in [0.29, 0.717) is 19.6 Å². The summed E-state index contributed by atoms with van der Waals surface area (Å²) in [6.45, 7) is 5.61. The second-order valence-corrected chi connectivity index (χ2v) is 8.95. The highest BCUT2D eigenvalue weighted by Crippen LogP contribution is 2.31. The van der Waals surface area contributed by atoms with E-state index < -0.39 is 6.04 Å². The van der Waals surface area contributed by atoms with Crippen LogP contribution in [-0.4, -0.2) is 65.0 Å². The quantitative estimate of drug-likeness (QED) is 0.668. The molecule has 6 nitrogen and oxygen atoms in total. The average molecular weight is 445 g/mol. The molecule has 2 heterocycles. The lowest BCUT2D eigenvalue weighted by molar-refractivity contribution is -0.170. The van der Waals surface area contributed by atoms with Gasteiger partial charge in [-0.1, -0.05) is 86.9 Å². The fourth-order valence-corrected chi connectivity index (χ4v) is 4.93. The summed E-state index contributed by atoms with van der Waals surface area (Å²) in [5, 5.41) is 1.77. The second-order valence-electron chi connectivity index (χ2n) is 8.95. The van der Waals surface area contributed by atoms with Gasteiger partial charge in [-0.2, -0.15) is 0 Å². The summed E-state index contributed by atoms with van der Waals surface area (Å²) in [4.78, 5) is 30.6. The van der Waals surface area contributed by atoms with E-state index in [-0.39, 0.29) is 36.4 Å². The molecule has 6 heteroatoms. The predicted molar refractivity (Wildman–Crippen MR) is 129 cm³/mol. The number of amides is 2. The van der Waals surface area contributed by atoms with Crippen molar-refractivity contribution in [1.82, 2.24) is 20.2 Å². The minimum absolute atomic E-state index is 0.0259. The number of fused-ring (bicyclic) bond motifs is 1. The van der Waals surface area contributed by atoms with Gasteiger partial charge in [-0.05, 0) is 17.0 Å². The van der Waals surface area contributed by atoms with Gasteiger partial charge in [0.05, 0.1) is 19.6 Å². The number of carbonyl (C=O) groups excluding carboxylic acids is 2. The standard InChI is InChI=1S/C27H32N4O2/c1-4-16-30-19-25(32)31-24(28-30)18-29(27(33)26(31)20(3)5-2)17-23(21-12-8-6-9-13-21)22-14-10-7-11-15-22/h1,6-15,20,23-24,26,28H,5,16-19H2,2-3H3/t20?,24-,26+/m1/s1. The second kappa shape index (κ2) is 10.2. The van der Waals surface area contributed by atoms with E-state index in [0.717, 1.165) is 6.42 Å². The van der Waals surface area contributed by atoms with Crippen molar-refractivity contribution in [3.8, 4) is 12.3 Å². The van der Waals surface area contributed by atoms with Crippen LogP contribution in [0.4, 0.5) is 0 Å². The summed E-state index contributed by atoms with van der Waals surface area (Å²) >= 11 is 0. The Morgan fingerprint density at radius 1 is 1.06 bits per heavy atom. The van der Waals surface area contributed by atoms with Crippen molar-refractivity contribution >= 4 is 11.8 Å². The molecular weight excluding hydrogens is 412 g/mol. The van der Waals surface area contributed by atoms with Crippen molar-refractivity contribution in [3.63, 3.8) is 0 Å². The number of terminal acetylenes is 1. The van der Waals surface area contributed by atoms with Crippen LogP contribution >= 0.6 is 0 Å². The Hall–Kier alpha value is -3.14. The van der Waals surface area contributed by atoms with E-state index in [1.54, 1.807) is 9.91 Å².